The fraction of sp³-hybridized carbons (Fsp3) is 0.875. The van der Waals surface area contributed by atoms with Crippen LogP contribution in [0.1, 0.15) is 0 Å². The van der Waals surface area contributed by atoms with Crippen LogP contribution in [0.2, 0.25) is 0 Å². The Morgan fingerprint density at radius 2 is 2.00 bits per heavy atom. The lowest BCUT2D eigenvalue weighted by Crippen LogP contribution is -2.40. The van der Waals surface area contributed by atoms with Crippen LogP contribution in [-0.4, -0.2) is 58.5 Å². The fourth-order valence-electron chi connectivity index (χ4n) is 1.27. The summed E-state index contributed by atoms with van der Waals surface area (Å²) in [6.07, 6.45) is 0. The molecule has 0 atom stereocenters. The van der Waals surface area contributed by atoms with Crippen molar-refractivity contribution in [2.75, 3.05) is 45.1 Å². The third kappa shape index (κ3) is 4.36. The minimum atomic E-state index is -3.19. The maximum atomic E-state index is 11.2. The molecule has 0 aromatic heterocycles. The summed E-state index contributed by atoms with van der Waals surface area (Å²) in [7, 11) is -3.19. The Bertz CT molecular complexity index is 247. The average Bonchev–Trinajstić information content (AvgIpc) is 2.17. The molecule has 0 saturated carbocycles. The number of hydrogen-bond acceptors (Lipinski definition) is 4. The van der Waals surface area contributed by atoms with Gasteiger partial charge in [0.15, 0.2) is 0 Å². The molecular weight excluding hydrogens is 204 g/mol. The monoisotopic (exact) mass is 220 g/mol. The molecule has 6 heteroatoms. The van der Waals surface area contributed by atoms with E-state index in [-0.39, 0.29) is 12.3 Å². The molecular formula is C8H16N2O3S. The van der Waals surface area contributed by atoms with Gasteiger partial charge in [-0.05, 0) is 6.92 Å². The van der Waals surface area contributed by atoms with Crippen LogP contribution in [0.4, 0.5) is 0 Å². The van der Waals surface area contributed by atoms with E-state index < -0.39 is 10.0 Å². The molecule has 0 aromatic carbocycles. The first-order valence-corrected chi connectivity index (χ1v) is 6.27. The Morgan fingerprint density at radius 3 is 2.57 bits per heavy atom. The van der Waals surface area contributed by atoms with Crippen molar-refractivity contribution in [2.45, 2.75) is 0 Å². The van der Waals surface area contributed by atoms with Crippen molar-refractivity contribution in [2.24, 2.45) is 0 Å². The lowest BCUT2D eigenvalue weighted by atomic mass is 10.4. The molecule has 1 aliphatic rings. The topological polar surface area (TPSA) is 58.6 Å². The lowest BCUT2D eigenvalue weighted by Gasteiger charge is -2.26. The molecule has 2 radical (unpaired) electrons. The molecule has 1 rings (SSSR count). The second-order valence-corrected chi connectivity index (χ2v) is 5.05. The van der Waals surface area contributed by atoms with Crippen LogP contribution in [0.5, 0.6) is 0 Å². The van der Waals surface area contributed by atoms with Gasteiger partial charge in [0.05, 0.1) is 19.0 Å². The third-order valence-corrected chi connectivity index (χ3v) is 3.41. The fourth-order valence-corrected chi connectivity index (χ4v) is 2.17. The van der Waals surface area contributed by atoms with Crippen LogP contribution in [0.15, 0.2) is 0 Å². The molecule has 5 nitrogen and oxygen atoms in total. The second kappa shape index (κ2) is 5.65. The zero-order valence-electron chi connectivity index (χ0n) is 8.11. The maximum Gasteiger partial charge on any atom is 0.212 e. The standard InChI is InChI=1S/C8H16N2O3S/c1-2-9-14(11,12)8-5-10-3-6-13-7-4-10/h1,9H,2-8H2. The third-order valence-electron chi connectivity index (χ3n) is 2.08. The van der Waals surface area contributed by atoms with Gasteiger partial charge in [-0.25, -0.2) is 13.1 Å². The van der Waals surface area contributed by atoms with E-state index in [0.717, 1.165) is 13.1 Å². The zero-order chi connectivity index (χ0) is 10.4. The van der Waals surface area contributed by atoms with Crippen molar-refractivity contribution < 1.29 is 13.2 Å². The largest absolute Gasteiger partial charge is 0.379 e. The van der Waals surface area contributed by atoms with Gasteiger partial charge in [0, 0.05) is 26.2 Å². The molecule has 1 aliphatic heterocycles. The molecule has 0 spiro atoms. The summed E-state index contributed by atoms with van der Waals surface area (Å²) >= 11 is 0. The van der Waals surface area contributed by atoms with Crippen molar-refractivity contribution in [3.63, 3.8) is 0 Å². The highest BCUT2D eigenvalue weighted by Gasteiger charge is 2.14. The molecule has 1 N–H and O–H groups in total. The predicted octanol–water partition coefficient (Wildman–Crippen LogP) is -1.05. The highest BCUT2D eigenvalue weighted by Crippen LogP contribution is 1.97. The van der Waals surface area contributed by atoms with Crippen LogP contribution >= 0.6 is 0 Å². The summed E-state index contributed by atoms with van der Waals surface area (Å²) in [4.78, 5) is 2.07. The first-order valence-electron chi connectivity index (χ1n) is 4.61. The van der Waals surface area contributed by atoms with Gasteiger partial charge < -0.3 is 4.74 Å². The summed E-state index contributed by atoms with van der Waals surface area (Å²) in [5, 5.41) is 0. The Balaban J connectivity index is 2.24. The Morgan fingerprint density at radius 1 is 1.36 bits per heavy atom. The van der Waals surface area contributed by atoms with Crippen LogP contribution in [0.3, 0.4) is 0 Å². The first kappa shape index (κ1) is 11.9. The number of morpholine rings is 1. The highest BCUT2D eigenvalue weighted by molar-refractivity contribution is 7.89. The normalized spacial score (nSPS) is 19.8. The minimum Gasteiger partial charge on any atom is -0.379 e. The van der Waals surface area contributed by atoms with Gasteiger partial charge in [0.25, 0.3) is 0 Å². The average molecular weight is 220 g/mol. The molecule has 14 heavy (non-hydrogen) atoms. The van der Waals surface area contributed by atoms with Crippen LogP contribution < -0.4 is 4.72 Å². The number of hydrogen-bond donors (Lipinski definition) is 1. The minimum absolute atomic E-state index is 0.0363. The molecule has 1 saturated heterocycles. The smallest absolute Gasteiger partial charge is 0.212 e. The number of rotatable bonds is 5. The second-order valence-electron chi connectivity index (χ2n) is 3.12. The predicted molar refractivity (Wildman–Crippen MR) is 53.3 cm³/mol. The van der Waals surface area contributed by atoms with E-state index in [9.17, 15) is 8.42 Å². The summed E-state index contributed by atoms with van der Waals surface area (Å²) in [5.74, 6) is 0.101. The van der Waals surface area contributed by atoms with Crippen molar-refractivity contribution in [1.82, 2.24) is 9.62 Å². The van der Waals surface area contributed by atoms with Gasteiger partial charge in [-0.3, -0.25) is 4.90 Å². The number of ether oxygens (including phenoxy) is 1. The summed E-state index contributed by atoms with van der Waals surface area (Å²) in [5.41, 5.74) is 0. The van der Waals surface area contributed by atoms with Gasteiger partial charge in [0.1, 0.15) is 0 Å². The van der Waals surface area contributed by atoms with Gasteiger partial charge in [0.2, 0.25) is 10.0 Å². The van der Waals surface area contributed by atoms with Crippen molar-refractivity contribution in [3.8, 4) is 0 Å². The van der Waals surface area contributed by atoms with Crippen molar-refractivity contribution in [3.05, 3.63) is 6.92 Å². The van der Waals surface area contributed by atoms with Gasteiger partial charge in [-0.15, -0.1) is 0 Å². The number of sulfonamides is 1. The van der Waals surface area contributed by atoms with Crippen LogP contribution in [-0.2, 0) is 14.8 Å². The number of nitrogens with one attached hydrogen (secondary N) is 1. The van der Waals surface area contributed by atoms with E-state index in [4.69, 9.17) is 11.7 Å². The first-order chi connectivity index (χ1) is 6.64. The van der Waals surface area contributed by atoms with E-state index >= 15 is 0 Å². The number of nitrogens with zero attached hydrogens (tertiary/aromatic N) is 1. The Hall–Kier alpha value is -0.170. The highest BCUT2D eigenvalue weighted by atomic mass is 32.2. The molecule has 0 aliphatic carbocycles. The van der Waals surface area contributed by atoms with Gasteiger partial charge in [-0.2, -0.15) is 0 Å². The Labute approximate surface area is 85.5 Å². The lowest BCUT2D eigenvalue weighted by molar-refractivity contribution is 0.0408. The van der Waals surface area contributed by atoms with Crippen LogP contribution in [0.25, 0.3) is 0 Å². The van der Waals surface area contributed by atoms with E-state index in [0.29, 0.717) is 19.8 Å². The van der Waals surface area contributed by atoms with E-state index in [1.54, 1.807) is 0 Å². The van der Waals surface area contributed by atoms with Gasteiger partial charge >= 0.3 is 0 Å². The molecule has 0 bridgehead atoms. The molecule has 1 fully saturated rings. The molecule has 0 amide bonds. The van der Waals surface area contributed by atoms with E-state index in [1.807, 2.05) is 0 Å². The summed E-state index contributed by atoms with van der Waals surface area (Å²) < 4.78 is 29.9. The molecule has 0 aromatic rings. The Kier molecular flexibility index (Phi) is 4.80. The summed E-state index contributed by atoms with van der Waals surface area (Å²) in [6.45, 7) is 8.58. The van der Waals surface area contributed by atoms with Crippen molar-refractivity contribution >= 4 is 10.0 Å². The van der Waals surface area contributed by atoms with Crippen molar-refractivity contribution in [1.29, 1.82) is 0 Å². The molecule has 0 unspecified atom stereocenters. The van der Waals surface area contributed by atoms with E-state index in [2.05, 4.69) is 9.62 Å². The van der Waals surface area contributed by atoms with Crippen LogP contribution in [0, 0.1) is 6.92 Å². The molecule has 82 valence electrons. The van der Waals surface area contributed by atoms with E-state index in [1.165, 1.54) is 0 Å². The zero-order valence-corrected chi connectivity index (χ0v) is 8.92. The molecule has 1 heterocycles. The van der Waals surface area contributed by atoms with Gasteiger partial charge in [-0.1, -0.05) is 0 Å². The SMILES string of the molecule is [CH]CNS(=O)(=O)CCN1CCOCC1. The maximum absolute atomic E-state index is 11.2. The quantitative estimate of drug-likeness (QED) is 0.642. The summed E-state index contributed by atoms with van der Waals surface area (Å²) in [6, 6.07) is 0.